The SMILES string of the molecule is C[C@@H](c1nc(N)nc(N(C)C)n1)n1cnc2c1c(=O)n(C)c(=O)n2C. The minimum absolute atomic E-state index is 0.0882. The molecule has 0 aromatic carbocycles. The Morgan fingerprint density at radius 3 is 2.44 bits per heavy atom. The predicted molar refractivity (Wildman–Crippen MR) is 92.6 cm³/mol. The Bertz CT molecular complexity index is 1080. The van der Waals surface area contributed by atoms with Gasteiger partial charge in [-0.2, -0.15) is 15.0 Å². The van der Waals surface area contributed by atoms with Gasteiger partial charge in [0.1, 0.15) is 0 Å². The van der Waals surface area contributed by atoms with Gasteiger partial charge in [0.25, 0.3) is 5.56 Å². The summed E-state index contributed by atoms with van der Waals surface area (Å²) in [4.78, 5) is 43.1. The molecule has 11 nitrogen and oxygen atoms in total. The number of imidazole rings is 1. The van der Waals surface area contributed by atoms with Crippen molar-refractivity contribution in [2.75, 3.05) is 24.7 Å². The molecule has 0 amide bonds. The summed E-state index contributed by atoms with van der Waals surface area (Å²) in [5, 5.41) is 0. The fraction of sp³-hybridized carbons (Fsp3) is 0.429. The highest BCUT2D eigenvalue weighted by Gasteiger charge is 2.21. The fourth-order valence-corrected chi connectivity index (χ4v) is 2.57. The molecule has 132 valence electrons. The Balaban J connectivity index is 2.24. The molecule has 0 saturated carbocycles. The fourth-order valence-electron chi connectivity index (χ4n) is 2.57. The first-order valence-electron chi connectivity index (χ1n) is 7.53. The molecular weight excluding hydrogens is 326 g/mol. The lowest BCUT2D eigenvalue weighted by Crippen LogP contribution is -2.37. The third kappa shape index (κ3) is 2.53. The minimum Gasteiger partial charge on any atom is -0.368 e. The molecule has 0 aliphatic rings. The molecule has 0 radical (unpaired) electrons. The Labute approximate surface area is 142 Å². The zero-order valence-corrected chi connectivity index (χ0v) is 14.6. The molecule has 3 rings (SSSR count). The van der Waals surface area contributed by atoms with E-state index in [4.69, 9.17) is 5.73 Å². The van der Waals surface area contributed by atoms with E-state index in [1.807, 2.05) is 6.92 Å². The van der Waals surface area contributed by atoms with Crippen LogP contribution in [-0.4, -0.2) is 47.7 Å². The summed E-state index contributed by atoms with van der Waals surface area (Å²) in [5.74, 6) is 0.899. The molecule has 0 aliphatic carbocycles. The van der Waals surface area contributed by atoms with E-state index in [1.54, 1.807) is 30.6 Å². The number of nitrogens with two attached hydrogens (primary N) is 1. The van der Waals surface area contributed by atoms with E-state index in [2.05, 4.69) is 19.9 Å². The quantitative estimate of drug-likeness (QED) is 0.631. The van der Waals surface area contributed by atoms with Crippen molar-refractivity contribution >= 4 is 23.1 Å². The van der Waals surface area contributed by atoms with Crippen molar-refractivity contribution in [3.05, 3.63) is 33.0 Å². The molecule has 0 fully saturated rings. The van der Waals surface area contributed by atoms with Gasteiger partial charge >= 0.3 is 5.69 Å². The molecule has 1 atom stereocenters. The zero-order chi connectivity index (χ0) is 18.5. The van der Waals surface area contributed by atoms with Crippen LogP contribution in [0.3, 0.4) is 0 Å². The van der Waals surface area contributed by atoms with E-state index in [1.165, 1.54) is 17.9 Å². The minimum atomic E-state index is -0.435. The number of aryl methyl sites for hydroxylation is 1. The highest BCUT2D eigenvalue weighted by molar-refractivity contribution is 5.70. The maximum atomic E-state index is 12.6. The normalized spacial score (nSPS) is 12.5. The van der Waals surface area contributed by atoms with Crippen LogP contribution in [0.1, 0.15) is 18.8 Å². The third-order valence-corrected chi connectivity index (χ3v) is 4.02. The topological polar surface area (TPSA) is 130 Å². The molecule has 3 heterocycles. The van der Waals surface area contributed by atoms with Crippen molar-refractivity contribution in [3.63, 3.8) is 0 Å². The Morgan fingerprint density at radius 1 is 1.12 bits per heavy atom. The first-order chi connectivity index (χ1) is 11.7. The lowest BCUT2D eigenvalue weighted by atomic mass is 10.3. The van der Waals surface area contributed by atoms with Crippen molar-refractivity contribution in [2.24, 2.45) is 14.1 Å². The Kier molecular flexibility index (Phi) is 3.78. The number of nitrogen functional groups attached to an aromatic ring is 1. The van der Waals surface area contributed by atoms with E-state index in [9.17, 15) is 9.59 Å². The molecule has 0 spiro atoms. The summed E-state index contributed by atoms with van der Waals surface area (Å²) in [6, 6.07) is -0.431. The Hall–Kier alpha value is -3.24. The van der Waals surface area contributed by atoms with Gasteiger partial charge < -0.3 is 15.2 Å². The molecule has 0 bridgehead atoms. The molecule has 0 unspecified atom stereocenters. The molecule has 25 heavy (non-hydrogen) atoms. The zero-order valence-electron chi connectivity index (χ0n) is 14.6. The van der Waals surface area contributed by atoms with E-state index in [-0.39, 0.29) is 5.95 Å². The number of aromatic nitrogens is 7. The summed E-state index contributed by atoms with van der Waals surface area (Å²) in [6.45, 7) is 1.82. The summed E-state index contributed by atoms with van der Waals surface area (Å²) in [7, 11) is 6.58. The van der Waals surface area contributed by atoms with Crippen LogP contribution in [0.2, 0.25) is 0 Å². The summed E-state index contributed by atoms with van der Waals surface area (Å²) >= 11 is 0. The number of hydrogen-bond acceptors (Lipinski definition) is 8. The standard InChI is InChI=1S/C14H19N9O2/c1-7(9-17-12(15)19-13(18-9)20(2)3)23-6-16-10-8(23)11(24)22(5)14(25)21(10)4/h6-7H,1-5H3,(H2,15,17,18,19)/t7-/m0/s1. The van der Waals surface area contributed by atoms with Crippen LogP contribution in [0.15, 0.2) is 15.9 Å². The van der Waals surface area contributed by atoms with Gasteiger partial charge in [0.15, 0.2) is 17.0 Å². The predicted octanol–water partition coefficient (Wildman–Crippen LogP) is -1.12. The smallest absolute Gasteiger partial charge is 0.332 e. The number of fused-ring (bicyclic) bond motifs is 1. The van der Waals surface area contributed by atoms with Gasteiger partial charge in [0.2, 0.25) is 11.9 Å². The number of nitrogens with zero attached hydrogens (tertiary/aromatic N) is 8. The van der Waals surface area contributed by atoms with Crippen LogP contribution in [-0.2, 0) is 14.1 Å². The largest absolute Gasteiger partial charge is 0.368 e. The maximum Gasteiger partial charge on any atom is 0.332 e. The van der Waals surface area contributed by atoms with Gasteiger partial charge in [-0.05, 0) is 6.92 Å². The van der Waals surface area contributed by atoms with Crippen LogP contribution >= 0.6 is 0 Å². The van der Waals surface area contributed by atoms with Gasteiger partial charge in [-0.3, -0.25) is 13.9 Å². The highest BCUT2D eigenvalue weighted by atomic mass is 16.2. The monoisotopic (exact) mass is 345 g/mol. The van der Waals surface area contributed by atoms with Crippen molar-refractivity contribution in [2.45, 2.75) is 13.0 Å². The Morgan fingerprint density at radius 2 is 1.80 bits per heavy atom. The molecule has 0 saturated heterocycles. The van der Waals surface area contributed by atoms with Crippen molar-refractivity contribution in [1.29, 1.82) is 0 Å². The third-order valence-electron chi connectivity index (χ3n) is 4.02. The molecule has 3 aromatic heterocycles. The van der Waals surface area contributed by atoms with Crippen LogP contribution in [0.5, 0.6) is 0 Å². The van der Waals surface area contributed by atoms with E-state index < -0.39 is 17.3 Å². The van der Waals surface area contributed by atoms with Crippen molar-refractivity contribution in [3.8, 4) is 0 Å². The molecule has 11 heteroatoms. The molecule has 0 aliphatic heterocycles. The molecular formula is C14H19N9O2. The maximum absolute atomic E-state index is 12.6. The lowest BCUT2D eigenvalue weighted by Gasteiger charge is -2.16. The summed E-state index contributed by atoms with van der Waals surface area (Å²) in [5.41, 5.74) is 5.50. The van der Waals surface area contributed by atoms with Gasteiger partial charge in [-0.1, -0.05) is 0 Å². The second kappa shape index (κ2) is 5.69. The summed E-state index contributed by atoms with van der Waals surface area (Å²) < 4.78 is 4.00. The van der Waals surface area contributed by atoms with Gasteiger partial charge in [0.05, 0.1) is 12.4 Å². The highest BCUT2D eigenvalue weighted by Crippen LogP contribution is 2.20. The van der Waals surface area contributed by atoms with Crippen molar-refractivity contribution < 1.29 is 0 Å². The van der Waals surface area contributed by atoms with Gasteiger partial charge in [-0.25, -0.2) is 9.78 Å². The molecule has 2 N–H and O–H groups in total. The number of rotatable bonds is 3. The lowest BCUT2D eigenvalue weighted by molar-refractivity contribution is 0.605. The van der Waals surface area contributed by atoms with Gasteiger partial charge in [-0.15, -0.1) is 0 Å². The van der Waals surface area contributed by atoms with E-state index in [0.717, 1.165) is 4.57 Å². The molecule has 3 aromatic rings. The average Bonchev–Trinajstić information content (AvgIpc) is 3.01. The van der Waals surface area contributed by atoms with Crippen LogP contribution in [0.25, 0.3) is 11.2 Å². The average molecular weight is 345 g/mol. The second-order valence-corrected chi connectivity index (χ2v) is 5.95. The number of hydrogen-bond donors (Lipinski definition) is 1. The first-order valence-corrected chi connectivity index (χ1v) is 7.53. The number of anilines is 2. The van der Waals surface area contributed by atoms with Crippen LogP contribution in [0.4, 0.5) is 11.9 Å². The van der Waals surface area contributed by atoms with Crippen molar-refractivity contribution in [1.82, 2.24) is 33.6 Å². The summed E-state index contributed by atoms with van der Waals surface area (Å²) in [6.07, 6.45) is 1.49. The van der Waals surface area contributed by atoms with Crippen LogP contribution < -0.4 is 21.9 Å². The van der Waals surface area contributed by atoms with Crippen LogP contribution in [0, 0.1) is 0 Å². The first kappa shape index (κ1) is 16.6. The second-order valence-electron chi connectivity index (χ2n) is 5.95. The van der Waals surface area contributed by atoms with Gasteiger partial charge in [0, 0.05) is 28.2 Å². The van der Waals surface area contributed by atoms with E-state index in [0.29, 0.717) is 22.9 Å². The van der Waals surface area contributed by atoms with E-state index >= 15 is 0 Å².